The van der Waals surface area contributed by atoms with E-state index in [2.05, 4.69) is 5.32 Å². The molecule has 8 heteroatoms. The Hall–Kier alpha value is -2.87. The Morgan fingerprint density at radius 1 is 1.00 bits per heavy atom. The number of sulfonamides is 1. The van der Waals surface area contributed by atoms with E-state index >= 15 is 0 Å². The molecule has 36 heavy (non-hydrogen) atoms. The normalized spacial score (nSPS) is 15.2. The van der Waals surface area contributed by atoms with Crippen molar-refractivity contribution >= 4 is 27.5 Å². The van der Waals surface area contributed by atoms with E-state index in [1.54, 1.807) is 19.1 Å². The molecule has 1 N–H and O–H groups in total. The van der Waals surface area contributed by atoms with Crippen molar-refractivity contribution in [3.63, 3.8) is 0 Å². The van der Waals surface area contributed by atoms with E-state index in [4.69, 9.17) is 0 Å². The second kappa shape index (κ2) is 11.9. The summed E-state index contributed by atoms with van der Waals surface area (Å²) in [6.45, 7) is 7.28. The van der Waals surface area contributed by atoms with Gasteiger partial charge < -0.3 is 10.2 Å². The van der Waals surface area contributed by atoms with Gasteiger partial charge in [-0.25, -0.2) is 8.42 Å². The third kappa shape index (κ3) is 7.09. The van der Waals surface area contributed by atoms with Gasteiger partial charge in [0.2, 0.25) is 21.8 Å². The van der Waals surface area contributed by atoms with Gasteiger partial charge in [-0.05, 0) is 63.3 Å². The number of amides is 2. The summed E-state index contributed by atoms with van der Waals surface area (Å²) >= 11 is 0. The molecule has 0 spiro atoms. The second-order valence-electron chi connectivity index (χ2n) is 10.0. The van der Waals surface area contributed by atoms with Crippen LogP contribution in [0.25, 0.3) is 0 Å². The highest BCUT2D eigenvalue weighted by atomic mass is 32.2. The summed E-state index contributed by atoms with van der Waals surface area (Å²) in [6.07, 6.45) is 6.35. The summed E-state index contributed by atoms with van der Waals surface area (Å²) in [5.41, 5.74) is 4.18. The van der Waals surface area contributed by atoms with Gasteiger partial charge in [0.05, 0.1) is 11.9 Å². The first kappa shape index (κ1) is 27.7. The lowest BCUT2D eigenvalue weighted by molar-refractivity contribution is -0.139. The molecule has 0 unspecified atom stereocenters. The molecule has 0 heterocycles. The van der Waals surface area contributed by atoms with Crippen LogP contribution in [0.15, 0.2) is 42.5 Å². The lowest BCUT2D eigenvalue weighted by Gasteiger charge is -2.33. The summed E-state index contributed by atoms with van der Waals surface area (Å²) in [7, 11) is -3.75. The standard InChI is InChI=1S/C28H39N3O4S/c1-20-14-16-24(17-15-20)18-30(23(4)28(33)29-25-11-7-6-8-12-25)27(32)19-31(36(5,34)35)26-13-9-10-21(2)22(26)3/h9-10,13-17,23,25H,6-8,11-12,18-19H2,1-5H3,(H,29,33)/t23-/m1/s1. The van der Waals surface area contributed by atoms with Crippen molar-refractivity contribution < 1.29 is 18.0 Å². The Kier molecular flexibility index (Phi) is 9.17. The predicted molar refractivity (Wildman–Crippen MR) is 144 cm³/mol. The fourth-order valence-electron chi connectivity index (χ4n) is 4.64. The molecule has 1 aliphatic rings. The van der Waals surface area contributed by atoms with Gasteiger partial charge in [0.15, 0.2) is 0 Å². The van der Waals surface area contributed by atoms with Crippen LogP contribution in [0.2, 0.25) is 0 Å². The molecule has 2 aromatic rings. The van der Waals surface area contributed by atoms with Gasteiger partial charge in [-0.2, -0.15) is 0 Å². The van der Waals surface area contributed by atoms with Gasteiger partial charge in [0.25, 0.3) is 0 Å². The number of anilines is 1. The van der Waals surface area contributed by atoms with E-state index in [9.17, 15) is 18.0 Å². The van der Waals surface area contributed by atoms with Gasteiger partial charge in [-0.3, -0.25) is 13.9 Å². The van der Waals surface area contributed by atoms with Crippen molar-refractivity contribution in [3.8, 4) is 0 Å². The van der Waals surface area contributed by atoms with Crippen LogP contribution in [0.4, 0.5) is 5.69 Å². The number of hydrogen-bond donors (Lipinski definition) is 1. The van der Waals surface area contributed by atoms with E-state index in [1.807, 2.05) is 51.1 Å². The summed E-state index contributed by atoms with van der Waals surface area (Å²) in [4.78, 5) is 28.4. The molecule has 2 aromatic carbocycles. The summed E-state index contributed by atoms with van der Waals surface area (Å²) < 4.78 is 26.7. The average Bonchev–Trinajstić information content (AvgIpc) is 2.83. The Labute approximate surface area is 215 Å². The Morgan fingerprint density at radius 3 is 2.25 bits per heavy atom. The molecule has 0 saturated heterocycles. The largest absolute Gasteiger partial charge is 0.352 e. The third-order valence-corrected chi connectivity index (χ3v) is 8.24. The number of hydrogen-bond acceptors (Lipinski definition) is 4. The van der Waals surface area contributed by atoms with Crippen molar-refractivity contribution in [2.75, 3.05) is 17.1 Å². The monoisotopic (exact) mass is 513 g/mol. The highest BCUT2D eigenvalue weighted by Crippen LogP contribution is 2.25. The van der Waals surface area contributed by atoms with Gasteiger partial charge >= 0.3 is 0 Å². The van der Waals surface area contributed by atoms with Crippen molar-refractivity contribution in [1.82, 2.24) is 10.2 Å². The van der Waals surface area contributed by atoms with E-state index in [-0.39, 0.29) is 25.0 Å². The molecule has 196 valence electrons. The molecule has 1 fully saturated rings. The smallest absolute Gasteiger partial charge is 0.244 e. The summed E-state index contributed by atoms with van der Waals surface area (Å²) in [6, 6.07) is 12.6. The van der Waals surface area contributed by atoms with Gasteiger partial charge in [-0.15, -0.1) is 0 Å². The number of nitrogens with zero attached hydrogens (tertiary/aromatic N) is 2. The predicted octanol–water partition coefficient (Wildman–Crippen LogP) is 4.24. The van der Waals surface area contributed by atoms with E-state index in [1.165, 1.54) is 11.3 Å². The number of rotatable bonds is 9. The van der Waals surface area contributed by atoms with E-state index in [0.717, 1.165) is 58.5 Å². The number of nitrogens with one attached hydrogen (secondary N) is 1. The lowest BCUT2D eigenvalue weighted by Crippen LogP contribution is -2.53. The molecule has 1 atom stereocenters. The first-order valence-corrected chi connectivity index (χ1v) is 14.5. The van der Waals surface area contributed by atoms with Crippen LogP contribution in [0, 0.1) is 20.8 Å². The topological polar surface area (TPSA) is 86.8 Å². The minimum atomic E-state index is -3.75. The fraction of sp³-hybridized carbons (Fsp3) is 0.500. The minimum absolute atomic E-state index is 0.118. The molecule has 1 saturated carbocycles. The molecule has 2 amide bonds. The van der Waals surface area contributed by atoms with Gasteiger partial charge in [0, 0.05) is 12.6 Å². The molecule has 0 bridgehead atoms. The second-order valence-corrected chi connectivity index (χ2v) is 11.9. The summed E-state index contributed by atoms with van der Waals surface area (Å²) in [5.74, 6) is -0.631. The molecule has 1 aliphatic carbocycles. The molecule has 3 rings (SSSR count). The number of carbonyl (C=O) groups is 2. The average molecular weight is 514 g/mol. The number of aryl methyl sites for hydroxylation is 2. The molecular formula is C28H39N3O4S. The molecule has 0 radical (unpaired) electrons. The molecule has 7 nitrogen and oxygen atoms in total. The van der Waals surface area contributed by atoms with Crippen LogP contribution < -0.4 is 9.62 Å². The van der Waals surface area contributed by atoms with Crippen LogP contribution in [-0.4, -0.2) is 50.0 Å². The maximum absolute atomic E-state index is 13.7. The first-order valence-electron chi connectivity index (χ1n) is 12.7. The summed E-state index contributed by atoms with van der Waals surface area (Å²) in [5, 5.41) is 3.12. The van der Waals surface area contributed by atoms with Crippen molar-refractivity contribution in [3.05, 3.63) is 64.7 Å². The van der Waals surface area contributed by atoms with E-state index in [0.29, 0.717) is 5.69 Å². The minimum Gasteiger partial charge on any atom is -0.352 e. The maximum atomic E-state index is 13.7. The van der Waals surface area contributed by atoms with Crippen molar-refractivity contribution in [2.45, 2.75) is 78.4 Å². The van der Waals surface area contributed by atoms with Gasteiger partial charge in [-0.1, -0.05) is 61.2 Å². The van der Waals surface area contributed by atoms with Gasteiger partial charge in [0.1, 0.15) is 12.6 Å². The zero-order valence-corrected chi connectivity index (χ0v) is 22.9. The first-order chi connectivity index (χ1) is 17.0. The third-order valence-electron chi connectivity index (χ3n) is 7.12. The zero-order valence-electron chi connectivity index (χ0n) is 22.1. The molecular weight excluding hydrogens is 474 g/mol. The van der Waals surface area contributed by atoms with Crippen LogP contribution >= 0.6 is 0 Å². The van der Waals surface area contributed by atoms with Crippen LogP contribution in [0.5, 0.6) is 0 Å². The van der Waals surface area contributed by atoms with Crippen molar-refractivity contribution in [2.24, 2.45) is 0 Å². The Bertz CT molecular complexity index is 1170. The lowest BCUT2D eigenvalue weighted by atomic mass is 9.95. The quantitative estimate of drug-likeness (QED) is 0.543. The Balaban J connectivity index is 1.89. The van der Waals surface area contributed by atoms with E-state index < -0.39 is 22.0 Å². The Morgan fingerprint density at radius 2 is 1.64 bits per heavy atom. The number of carbonyl (C=O) groups excluding carboxylic acids is 2. The van der Waals surface area contributed by atoms with Crippen molar-refractivity contribution in [1.29, 1.82) is 0 Å². The highest BCUT2D eigenvalue weighted by molar-refractivity contribution is 7.92. The molecule has 0 aromatic heterocycles. The number of benzene rings is 2. The zero-order chi connectivity index (χ0) is 26.5. The van der Waals surface area contributed by atoms with Crippen LogP contribution in [0.1, 0.15) is 61.3 Å². The van der Waals surface area contributed by atoms with Crippen LogP contribution in [0.3, 0.4) is 0 Å². The SMILES string of the molecule is Cc1ccc(CN(C(=O)CN(c2cccc(C)c2C)S(C)(=O)=O)[C@H](C)C(=O)NC2CCCCC2)cc1. The fourth-order valence-corrected chi connectivity index (χ4v) is 5.54. The van der Waals surface area contributed by atoms with Crippen LogP contribution in [-0.2, 0) is 26.2 Å². The maximum Gasteiger partial charge on any atom is 0.244 e. The molecule has 0 aliphatic heterocycles. The highest BCUT2D eigenvalue weighted by Gasteiger charge is 2.31.